The zero-order chi connectivity index (χ0) is 9.84. The zero-order valence-electron chi connectivity index (χ0n) is 6.98. The Balaban J connectivity index is 2.73. The number of rotatable bonds is 3. The number of aryl methyl sites for hydroxylation is 1. The van der Waals surface area contributed by atoms with Gasteiger partial charge >= 0.3 is 5.97 Å². The van der Waals surface area contributed by atoms with Crippen molar-refractivity contribution < 1.29 is 15.1 Å². The molecule has 13 heavy (non-hydrogen) atoms. The van der Waals surface area contributed by atoms with Gasteiger partial charge in [-0.3, -0.25) is 5.10 Å². The number of H-pyrrole nitrogens is 1. The third kappa shape index (κ3) is 2.29. The molecule has 1 aromatic rings. The molecule has 0 saturated carbocycles. The third-order valence-electron chi connectivity index (χ3n) is 1.48. The van der Waals surface area contributed by atoms with Crippen LogP contribution in [0.15, 0.2) is 11.2 Å². The number of carboxylic acid groups (broad SMARTS) is 1. The summed E-state index contributed by atoms with van der Waals surface area (Å²) in [6.45, 7) is 1.80. The molecule has 1 rings (SSSR count). The van der Waals surface area contributed by atoms with Crippen molar-refractivity contribution in [3.05, 3.63) is 17.5 Å². The number of oxime groups is 1. The van der Waals surface area contributed by atoms with Gasteiger partial charge in [0.05, 0.1) is 5.69 Å². The molecule has 0 fully saturated rings. The van der Waals surface area contributed by atoms with Gasteiger partial charge in [0.25, 0.3) is 0 Å². The molecule has 0 atom stereocenters. The highest BCUT2D eigenvalue weighted by atomic mass is 16.4. The topological polar surface area (TPSA) is 98.6 Å². The number of carbonyl (C=O) groups is 1. The SMILES string of the molecule is Cc1cc(C/C(=N/O)C(=O)O)n[nH]1. The number of aliphatic carboxylic acids is 1. The number of hydrogen-bond donors (Lipinski definition) is 3. The number of hydrogen-bond acceptors (Lipinski definition) is 4. The largest absolute Gasteiger partial charge is 0.477 e. The van der Waals surface area contributed by atoms with Gasteiger partial charge in [-0.1, -0.05) is 5.16 Å². The monoisotopic (exact) mass is 183 g/mol. The lowest BCUT2D eigenvalue weighted by atomic mass is 10.2. The van der Waals surface area contributed by atoms with E-state index in [2.05, 4.69) is 15.4 Å². The zero-order valence-corrected chi connectivity index (χ0v) is 6.98. The predicted molar refractivity (Wildman–Crippen MR) is 43.9 cm³/mol. The van der Waals surface area contributed by atoms with Crippen molar-refractivity contribution >= 4 is 11.7 Å². The summed E-state index contributed by atoms with van der Waals surface area (Å²) in [6, 6.07) is 1.69. The van der Waals surface area contributed by atoms with Crippen LogP contribution < -0.4 is 0 Å². The fraction of sp³-hybridized carbons (Fsp3) is 0.286. The Bertz CT molecular complexity index is 343. The fourth-order valence-corrected chi connectivity index (χ4v) is 0.890. The molecule has 0 radical (unpaired) electrons. The molecule has 0 aromatic carbocycles. The van der Waals surface area contributed by atoms with Crippen molar-refractivity contribution in [2.75, 3.05) is 0 Å². The number of aromatic nitrogens is 2. The molecule has 0 aliphatic carbocycles. The summed E-state index contributed by atoms with van der Waals surface area (Å²) in [4.78, 5) is 10.4. The minimum absolute atomic E-state index is 0.0101. The van der Waals surface area contributed by atoms with Crippen LogP contribution in [0.2, 0.25) is 0 Å². The Labute approximate surface area is 73.9 Å². The second kappa shape index (κ2) is 3.70. The maximum absolute atomic E-state index is 10.4. The lowest BCUT2D eigenvalue weighted by molar-refractivity contribution is -0.129. The fourth-order valence-electron chi connectivity index (χ4n) is 0.890. The van der Waals surface area contributed by atoms with E-state index in [1.165, 1.54) is 0 Å². The van der Waals surface area contributed by atoms with Crippen molar-refractivity contribution in [2.24, 2.45) is 5.16 Å². The van der Waals surface area contributed by atoms with Crippen LogP contribution in [-0.4, -0.2) is 32.2 Å². The van der Waals surface area contributed by atoms with Gasteiger partial charge in [0.1, 0.15) is 0 Å². The van der Waals surface area contributed by atoms with Crippen molar-refractivity contribution in [3.8, 4) is 0 Å². The quantitative estimate of drug-likeness (QED) is 0.353. The summed E-state index contributed by atoms with van der Waals surface area (Å²) < 4.78 is 0. The third-order valence-corrected chi connectivity index (χ3v) is 1.48. The van der Waals surface area contributed by atoms with E-state index >= 15 is 0 Å². The molecule has 0 bridgehead atoms. The number of carboxylic acids is 1. The highest BCUT2D eigenvalue weighted by Gasteiger charge is 2.12. The molecule has 1 heterocycles. The molecular weight excluding hydrogens is 174 g/mol. The maximum atomic E-state index is 10.4. The molecule has 0 aliphatic heterocycles. The summed E-state index contributed by atoms with van der Waals surface area (Å²) in [5.74, 6) is -1.25. The number of nitrogens with zero attached hydrogens (tertiary/aromatic N) is 2. The van der Waals surface area contributed by atoms with Crippen LogP contribution >= 0.6 is 0 Å². The van der Waals surface area contributed by atoms with Crippen LogP contribution in [0, 0.1) is 6.92 Å². The number of aromatic amines is 1. The van der Waals surface area contributed by atoms with Crippen LogP contribution in [0.3, 0.4) is 0 Å². The summed E-state index contributed by atoms with van der Waals surface area (Å²) in [6.07, 6.45) is 0.0101. The van der Waals surface area contributed by atoms with E-state index in [0.717, 1.165) is 5.69 Å². The van der Waals surface area contributed by atoms with Crippen LogP contribution in [0.5, 0.6) is 0 Å². The molecule has 0 unspecified atom stereocenters. The predicted octanol–water partition coefficient (Wildman–Crippen LogP) is 0.175. The molecule has 70 valence electrons. The second-order valence-electron chi connectivity index (χ2n) is 2.57. The van der Waals surface area contributed by atoms with Gasteiger partial charge in [-0.15, -0.1) is 0 Å². The molecule has 0 aliphatic rings. The standard InChI is InChI=1S/C7H9N3O3/c1-4-2-5(9-8-4)3-6(10-13)7(11)12/h2,13H,3H2,1H3,(H,8,9)(H,11,12)/b10-6-. The molecule has 3 N–H and O–H groups in total. The van der Waals surface area contributed by atoms with Gasteiger partial charge in [0.2, 0.25) is 0 Å². The Kier molecular flexibility index (Phi) is 2.63. The second-order valence-corrected chi connectivity index (χ2v) is 2.57. The summed E-state index contributed by atoms with van der Waals surface area (Å²) >= 11 is 0. The normalized spacial score (nSPS) is 11.6. The smallest absolute Gasteiger partial charge is 0.354 e. The number of nitrogens with one attached hydrogen (secondary N) is 1. The van der Waals surface area contributed by atoms with E-state index in [9.17, 15) is 4.79 Å². The van der Waals surface area contributed by atoms with E-state index in [4.69, 9.17) is 10.3 Å². The van der Waals surface area contributed by atoms with Crippen LogP contribution in [0.25, 0.3) is 0 Å². The average Bonchev–Trinajstić information content (AvgIpc) is 2.46. The highest BCUT2D eigenvalue weighted by molar-refractivity contribution is 6.35. The van der Waals surface area contributed by atoms with Gasteiger partial charge < -0.3 is 10.3 Å². The van der Waals surface area contributed by atoms with Crippen LogP contribution in [0.4, 0.5) is 0 Å². The van der Waals surface area contributed by atoms with Gasteiger partial charge in [-0.25, -0.2) is 4.79 Å². The van der Waals surface area contributed by atoms with E-state index < -0.39 is 5.97 Å². The van der Waals surface area contributed by atoms with Crippen LogP contribution in [0.1, 0.15) is 11.4 Å². The van der Waals surface area contributed by atoms with Gasteiger partial charge in [-0.05, 0) is 13.0 Å². The average molecular weight is 183 g/mol. The molecule has 6 nitrogen and oxygen atoms in total. The van der Waals surface area contributed by atoms with Crippen molar-refractivity contribution in [1.29, 1.82) is 0 Å². The Morgan fingerprint density at radius 2 is 2.46 bits per heavy atom. The summed E-state index contributed by atoms with van der Waals surface area (Å²) in [5.41, 5.74) is 1.04. The van der Waals surface area contributed by atoms with Gasteiger partial charge in [-0.2, -0.15) is 5.10 Å². The summed E-state index contributed by atoms with van der Waals surface area (Å²) in [7, 11) is 0. The van der Waals surface area contributed by atoms with Gasteiger partial charge in [0.15, 0.2) is 5.71 Å². The molecule has 0 spiro atoms. The van der Waals surface area contributed by atoms with Crippen molar-refractivity contribution in [3.63, 3.8) is 0 Å². The lowest BCUT2D eigenvalue weighted by Gasteiger charge is -1.93. The Hall–Kier alpha value is -1.85. The van der Waals surface area contributed by atoms with Crippen molar-refractivity contribution in [2.45, 2.75) is 13.3 Å². The van der Waals surface area contributed by atoms with E-state index in [0.29, 0.717) is 5.69 Å². The summed E-state index contributed by atoms with van der Waals surface area (Å²) in [5, 5.41) is 26.0. The molecular formula is C7H9N3O3. The van der Waals surface area contributed by atoms with Gasteiger partial charge in [0, 0.05) is 12.1 Å². The first-order valence-electron chi connectivity index (χ1n) is 3.58. The van der Waals surface area contributed by atoms with Crippen LogP contribution in [-0.2, 0) is 11.2 Å². The highest BCUT2D eigenvalue weighted by Crippen LogP contribution is 2.00. The first-order chi connectivity index (χ1) is 6.13. The van der Waals surface area contributed by atoms with E-state index in [-0.39, 0.29) is 12.1 Å². The lowest BCUT2D eigenvalue weighted by Crippen LogP contribution is -2.16. The molecule has 1 aromatic heterocycles. The molecule has 0 amide bonds. The first kappa shape index (κ1) is 9.24. The molecule has 6 heteroatoms. The minimum atomic E-state index is -1.25. The van der Waals surface area contributed by atoms with E-state index in [1.54, 1.807) is 13.0 Å². The first-order valence-corrected chi connectivity index (χ1v) is 3.58. The minimum Gasteiger partial charge on any atom is -0.477 e. The maximum Gasteiger partial charge on any atom is 0.354 e. The Morgan fingerprint density at radius 3 is 2.85 bits per heavy atom. The van der Waals surface area contributed by atoms with Crippen molar-refractivity contribution in [1.82, 2.24) is 10.2 Å². The van der Waals surface area contributed by atoms with E-state index in [1.807, 2.05) is 0 Å². The Morgan fingerprint density at radius 1 is 1.77 bits per heavy atom. The molecule has 0 saturated heterocycles.